The van der Waals surface area contributed by atoms with Crippen LogP contribution < -0.4 is 5.32 Å². The number of alkyl halides is 4. The van der Waals surface area contributed by atoms with E-state index in [0.29, 0.717) is 6.61 Å². The standard InChI is InChI=1S/C12H13BrF3NOS/c13-8-6-18-11(1-3-17-4-2-11)10-7(8)5-9(19-10)12(14,15)16/h5,8,17H,1-4,6H2. The molecule has 1 atom stereocenters. The van der Waals surface area contributed by atoms with Crippen molar-refractivity contribution in [2.75, 3.05) is 19.7 Å². The normalized spacial score (nSPS) is 26.4. The minimum Gasteiger partial charge on any atom is -0.368 e. The number of piperidine rings is 1. The zero-order chi connectivity index (χ0) is 13.7. The molecular weight excluding hydrogens is 343 g/mol. The van der Waals surface area contributed by atoms with Gasteiger partial charge in [-0.05, 0) is 37.6 Å². The first-order chi connectivity index (χ1) is 8.92. The molecule has 1 N–H and O–H groups in total. The quantitative estimate of drug-likeness (QED) is 0.714. The molecule has 2 nitrogen and oxygen atoms in total. The van der Waals surface area contributed by atoms with E-state index in [1.165, 1.54) is 6.07 Å². The van der Waals surface area contributed by atoms with Gasteiger partial charge >= 0.3 is 6.18 Å². The zero-order valence-corrected chi connectivity index (χ0v) is 12.4. The number of halogens is 4. The van der Waals surface area contributed by atoms with Gasteiger partial charge in [0, 0.05) is 4.88 Å². The molecule has 0 radical (unpaired) electrons. The molecule has 0 saturated carbocycles. The lowest BCUT2D eigenvalue weighted by Gasteiger charge is -2.41. The Labute approximate surface area is 121 Å². The van der Waals surface area contributed by atoms with E-state index in [-0.39, 0.29) is 4.83 Å². The van der Waals surface area contributed by atoms with Gasteiger partial charge in [-0.25, -0.2) is 0 Å². The van der Waals surface area contributed by atoms with E-state index in [9.17, 15) is 13.2 Å². The lowest BCUT2D eigenvalue weighted by atomic mass is 9.86. The number of fused-ring (bicyclic) bond motifs is 2. The van der Waals surface area contributed by atoms with Gasteiger partial charge in [0.1, 0.15) is 10.5 Å². The Kier molecular flexibility index (Phi) is 3.44. The van der Waals surface area contributed by atoms with Crippen molar-refractivity contribution in [1.29, 1.82) is 0 Å². The summed E-state index contributed by atoms with van der Waals surface area (Å²) in [6.45, 7) is 2.00. The molecule has 19 heavy (non-hydrogen) atoms. The third kappa shape index (κ3) is 2.34. The van der Waals surface area contributed by atoms with E-state index in [1.807, 2.05) is 0 Å². The maximum absolute atomic E-state index is 12.9. The van der Waals surface area contributed by atoms with Crippen LogP contribution >= 0.6 is 27.3 Å². The molecule has 3 rings (SSSR count). The molecule has 1 aromatic heterocycles. The van der Waals surface area contributed by atoms with Crippen LogP contribution in [-0.4, -0.2) is 19.7 Å². The summed E-state index contributed by atoms with van der Waals surface area (Å²) in [6, 6.07) is 1.28. The molecule has 7 heteroatoms. The van der Waals surface area contributed by atoms with Crippen LogP contribution in [0.5, 0.6) is 0 Å². The summed E-state index contributed by atoms with van der Waals surface area (Å²) in [5, 5.41) is 3.23. The van der Waals surface area contributed by atoms with E-state index >= 15 is 0 Å². The van der Waals surface area contributed by atoms with Gasteiger partial charge in [0.05, 0.1) is 11.4 Å². The Morgan fingerprint density at radius 3 is 2.68 bits per heavy atom. The van der Waals surface area contributed by atoms with Crippen molar-refractivity contribution in [2.45, 2.75) is 29.4 Å². The van der Waals surface area contributed by atoms with Crippen molar-refractivity contribution >= 4 is 27.3 Å². The molecular formula is C12H13BrF3NOS. The number of ether oxygens (including phenoxy) is 1. The van der Waals surface area contributed by atoms with E-state index in [1.54, 1.807) is 0 Å². The number of thiophene rings is 1. The van der Waals surface area contributed by atoms with Crippen LogP contribution in [0, 0.1) is 0 Å². The van der Waals surface area contributed by atoms with Crippen molar-refractivity contribution in [1.82, 2.24) is 5.32 Å². The van der Waals surface area contributed by atoms with Gasteiger partial charge in [0.2, 0.25) is 0 Å². The second-order valence-electron chi connectivity index (χ2n) is 4.92. The zero-order valence-electron chi connectivity index (χ0n) is 10.0. The fourth-order valence-electron chi connectivity index (χ4n) is 2.72. The molecule has 2 aliphatic rings. The Balaban J connectivity index is 2.06. The summed E-state index contributed by atoms with van der Waals surface area (Å²) in [5.74, 6) is 0. The average Bonchev–Trinajstić information content (AvgIpc) is 2.82. The molecule has 0 aliphatic carbocycles. The van der Waals surface area contributed by atoms with Crippen LogP contribution in [0.2, 0.25) is 0 Å². The lowest BCUT2D eigenvalue weighted by molar-refractivity contribution is -0.134. The Morgan fingerprint density at radius 2 is 2.05 bits per heavy atom. The Morgan fingerprint density at radius 1 is 1.37 bits per heavy atom. The van der Waals surface area contributed by atoms with Crippen LogP contribution in [0.3, 0.4) is 0 Å². The van der Waals surface area contributed by atoms with Gasteiger partial charge < -0.3 is 10.1 Å². The van der Waals surface area contributed by atoms with Crippen LogP contribution in [0.15, 0.2) is 6.07 Å². The Hall–Kier alpha value is -0.110. The van der Waals surface area contributed by atoms with Gasteiger partial charge in [-0.3, -0.25) is 0 Å². The monoisotopic (exact) mass is 355 g/mol. The molecule has 1 aromatic rings. The average molecular weight is 356 g/mol. The first kappa shape index (κ1) is 13.9. The number of hydrogen-bond donors (Lipinski definition) is 1. The summed E-state index contributed by atoms with van der Waals surface area (Å²) < 4.78 is 44.6. The lowest BCUT2D eigenvalue weighted by Crippen LogP contribution is -2.44. The third-order valence-corrected chi connectivity index (χ3v) is 5.85. The number of rotatable bonds is 0. The summed E-state index contributed by atoms with van der Waals surface area (Å²) in [6.07, 6.45) is -2.81. The summed E-state index contributed by atoms with van der Waals surface area (Å²) in [5.41, 5.74) is 0.240. The Bertz CT molecular complexity index is 482. The number of hydrogen-bond acceptors (Lipinski definition) is 3. The number of nitrogens with one attached hydrogen (secondary N) is 1. The van der Waals surface area contributed by atoms with Gasteiger partial charge in [0.25, 0.3) is 0 Å². The van der Waals surface area contributed by atoms with E-state index in [2.05, 4.69) is 21.2 Å². The first-order valence-corrected chi connectivity index (χ1v) is 7.86. The van der Waals surface area contributed by atoms with E-state index < -0.39 is 16.7 Å². The van der Waals surface area contributed by atoms with Crippen LogP contribution in [0.1, 0.15) is 33.0 Å². The predicted octanol–water partition coefficient (Wildman–Crippen LogP) is 3.81. The highest BCUT2D eigenvalue weighted by molar-refractivity contribution is 9.09. The summed E-state index contributed by atoms with van der Waals surface area (Å²) in [4.78, 5) is 0.0927. The molecule has 0 aromatic carbocycles. The second-order valence-corrected chi connectivity index (χ2v) is 7.07. The van der Waals surface area contributed by atoms with Crippen LogP contribution in [-0.2, 0) is 16.5 Å². The molecule has 2 aliphatic heterocycles. The van der Waals surface area contributed by atoms with Crippen LogP contribution in [0.4, 0.5) is 13.2 Å². The molecule has 0 amide bonds. The van der Waals surface area contributed by atoms with Crippen LogP contribution in [0.25, 0.3) is 0 Å². The smallest absolute Gasteiger partial charge is 0.368 e. The van der Waals surface area contributed by atoms with Crippen molar-refractivity contribution < 1.29 is 17.9 Å². The SMILES string of the molecule is FC(F)(F)c1cc2c(s1)C1(CCNCC1)OCC2Br. The van der Waals surface area contributed by atoms with Gasteiger partial charge in [-0.15, -0.1) is 11.3 Å². The van der Waals surface area contributed by atoms with Gasteiger partial charge in [-0.1, -0.05) is 15.9 Å². The molecule has 1 fully saturated rings. The van der Waals surface area contributed by atoms with E-state index in [4.69, 9.17) is 4.74 Å². The topological polar surface area (TPSA) is 21.3 Å². The molecule has 106 valence electrons. The maximum Gasteiger partial charge on any atom is 0.425 e. The second kappa shape index (κ2) is 4.72. The van der Waals surface area contributed by atoms with Crippen molar-refractivity contribution in [3.05, 3.63) is 21.4 Å². The molecule has 1 unspecified atom stereocenters. The molecule has 1 saturated heterocycles. The first-order valence-electron chi connectivity index (χ1n) is 6.12. The minimum atomic E-state index is -4.27. The molecule has 0 bridgehead atoms. The highest BCUT2D eigenvalue weighted by Crippen LogP contribution is 2.51. The van der Waals surface area contributed by atoms with Crippen molar-refractivity contribution in [3.8, 4) is 0 Å². The highest BCUT2D eigenvalue weighted by Gasteiger charge is 2.45. The molecule has 1 spiro atoms. The predicted molar refractivity (Wildman–Crippen MR) is 70.7 cm³/mol. The summed E-state index contributed by atoms with van der Waals surface area (Å²) in [7, 11) is 0. The van der Waals surface area contributed by atoms with E-state index in [0.717, 1.165) is 47.7 Å². The fraction of sp³-hybridized carbons (Fsp3) is 0.667. The highest BCUT2D eigenvalue weighted by atomic mass is 79.9. The third-order valence-electron chi connectivity index (χ3n) is 3.71. The van der Waals surface area contributed by atoms with Gasteiger partial charge in [-0.2, -0.15) is 13.2 Å². The minimum absolute atomic E-state index is 0.143. The largest absolute Gasteiger partial charge is 0.425 e. The fourth-order valence-corrected chi connectivity index (χ4v) is 4.66. The molecule has 3 heterocycles. The maximum atomic E-state index is 12.9. The van der Waals surface area contributed by atoms with Gasteiger partial charge in [0.15, 0.2) is 0 Å². The summed E-state index contributed by atoms with van der Waals surface area (Å²) >= 11 is 4.26. The van der Waals surface area contributed by atoms with Crippen molar-refractivity contribution in [2.24, 2.45) is 0 Å². The van der Waals surface area contributed by atoms with Crippen molar-refractivity contribution in [3.63, 3.8) is 0 Å².